The zero-order chi connectivity index (χ0) is 29.7. The van der Waals surface area contributed by atoms with Gasteiger partial charge < -0.3 is 10.0 Å². The number of nitrogens with zero attached hydrogens (tertiary/aromatic N) is 6. The lowest BCUT2D eigenvalue weighted by atomic mass is 9.88. The number of carbonyl (C=O) groups is 1. The molecule has 4 aromatic rings. The molecule has 3 fully saturated rings. The fourth-order valence-corrected chi connectivity index (χ4v) is 6.70. The number of hydrogen-bond acceptors (Lipinski definition) is 8. The maximum absolute atomic E-state index is 13.3. The third-order valence-corrected chi connectivity index (χ3v) is 9.30. The summed E-state index contributed by atoms with van der Waals surface area (Å²) in [6, 6.07) is 13.9. The van der Waals surface area contributed by atoms with Crippen LogP contribution in [0.15, 0.2) is 65.8 Å². The molecule has 3 aliphatic heterocycles. The summed E-state index contributed by atoms with van der Waals surface area (Å²) in [4.78, 5) is 32.7. The standard InChI is InChI=1S/C31H35FN8O3/c1-37-27-22(16-34-37)6-11-26(36-27)20-2-4-21(5-3-20)29(41)38-14-12-31(43,13-15-38)18-39-19-33-28-25(30(39)42)17-35-40(28)24-9-7-23(32)8-10-24/h2-5,7-10,17,19,22,26-27,34,36,43H,6,11-16,18H2,1H3. The van der Waals surface area contributed by atoms with Gasteiger partial charge in [-0.05, 0) is 67.6 Å². The molecule has 2 aromatic carbocycles. The third-order valence-electron chi connectivity index (χ3n) is 9.30. The van der Waals surface area contributed by atoms with Crippen LogP contribution in [0.4, 0.5) is 4.39 Å². The van der Waals surface area contributed by atoms with E-state index in [-0.39, 0.29) is 29.9 Å². The topological polar surface area (TPSA) is 121 Å². The summed E-state index contributed by atoms with van der Waals surface area (Å²) >= 11 is 0. The van der Waals surface area contributed by atoms with E-state index < -0.39 is 5.60 Å². The highest BCUT2D eigenvalue weighted by molar-refractivity contribution is 5.94. The molecule has 43 heavy (non-hydrogen) atoms. The Morgan fingerprint density at radius 2 is 1.84 bits per heavy atom. The van der Waals surface area contributed by atoms with Crippen molar-refractivity contribution in [1.29, 1.82) is 0 Å². The van der Waals surface area contributed by atoms with E-state index in [0.29, 0.717) is 60.3 Å². The first-order chi connectivity index (χ1) is 20.8. The van der Waals surface area contributed by atoms with E-state index in [0.717, 1.165) is 19.4 Å². The second-order valence-electron chi connectivity index (χ2n) is 12.1. The molecule has 11 nitrogen and oxygen atoms in total. The van der Waals surface area contributed by atoms with E-state index in [1.165, 1.54) is 39.5 Å². The van der Waals surface area contributed by atoms with E-state index in [4.69, 9.17) is 0 Å². The first kappa shape index (κ1) is 27.8. The fraction of sp³-hybridized carbons (Fsp3) is 0.419. The number of hydrogen-bond donors (Lipinski definition) is 3. The quantitative estimate of drug-likeness (QED) is 0.326. The number of piperidine rings is 2. The van der Waals surface area contributed by atoms with Gasteiger partial charge in [0.15, 0.2) is 5.65 Å². The molecular formula is C31H35FN8O3. The van der Waals surface area contributed by atoms with Gasteiger partial charge in [0.25, 0.3) is 11.5 Å². The number of carbonyl (C=O) groups excluding carboxylic acids is 1. The second kappa shape index (κ2) is 10.9. The van der Waals surface area contributed by atoms with Gasteiger partial charge in [-0.2, -0.15) is 5.10 Å². The van der Waals surface area contributed by atoms with E-state index >= 15 is 0 Å². The van der Waals surface area contributed by atoms with Crippen LogP contribution in [0.2, 0.25) is 0 Å². The van der Waals surface area contributed by atoms with Gasteiger partial charge in [-0.15, -0.1) is 0 Å². The van der Waals surface area contributed by atoms with Crippen molar-refractivity contribution < 1.29 is 14.3 Å². The zero-order valence-corrected chi connectivity index (χ0v) is 24.0. The van der Waals surface area contributed by atoms with Crippen LogP contribution < -0.4 is 16.3 Å². The van der Waals surface area contributed by atoms with Crippen molar-refractivity contribution in [2.24, 2.45) is 5.92 Å². The number of likely N-dealkylation sites (tertiary alicyclic amines) is 1. The van der Waals surface area contributed by atoms with Crippen molar-refractivity contribution in [2.45, 2.75) is 50.0 Å². The summed E-state index contributed by atoms with van der Waals surface area (Å²) < 4.78 is 16.2. The minimum atomic E-state index is -1.15. The Bertz CT molecular complexity index is 1700. The number of rotatable bonds is 5. The van der Waals surface area contributed by atoms with Gasteiger partial charge >= 0.3 is 0 Å². The molecule has 2 aromatic heterocycles. The normalized spacial score (nSPS) is 23.9. The van der Waals surface area contributed by atoms with Gasteiger partial charge in [-0.25, -0.2) is 19.1 Å². The van der Waals surface area contributed by atoms with Crippen molar-refractivity contribution in [3.63, 3.8) is 0 Å². The molecule has 1 amide bonds. The summed E-state index contributed by atoms with van der Waals surface area (Å²) in [5.74, 6) is 0.192. The van der Waals surface area contributed by atoms with E-state index in [2.05, 4.69) is 32.9 Å². The zero-order valence-electron chi connectivity index (χ0n) is 24.0. The summed E-state index contributed by atoms with van der Waals surface area (Å²) in [6.45, 7) is 1.84. The largest absolute Gasteiger partial charge is 0.388 e. The lowest BCUT2D eigenvalue weighted by Gasteiger charge is -2.38. The van der Waals surface area contributed by atoms with Gasteiger partial charge in [-0.3, -0.25) is 24.9 Å². The Hall–Kier alpha value is -3.97. The molecule has 0 radical (unpaired) electrons. The first-order valence-electron chi connectivity index (χ1n) is 14.8. The number of benzene rings is 2. The minimum absolute atomic E-state index is 0.0570. The highest BCUT2D eigenvalue weighted by atomic mass is 19.1. The number of amides is 1. The average Bonchev–Trinajstić information content (AvgIpc) is 3.63. The molecular weight excluding hydrogens is 551 g/mol. The van der Waals surface area contributed by atoms with Crippen LogP contribution in [0.25, 0.3) is 16.7 Å². The van der Waals surface area contributed by atoms with Crippen LogP contribution in [-0.4, -0.2) is 78.7 Å². The molecule has 3 saturated heterocycles. The molecule has 7 rings (SSSR count). The van der Waals surface area contributed by atoms with Gasteiger partial charge in [0.2, 0.25) is 0 Å². The highest BCUT2D eigenvalue weighted by Gasteiger charge is 2.38. The summed E-state index contributed by atoms with van der Waals surface area (Å²) in [6.07, 6.45) is 6.07. The number of nitrogens with one attached hydrogen (secondary N) is 2. The summed E-state index contributed by atoms with van der Waals surface area (Å²) in [5, 5.41) is 21.8. The first-order valence-corrected chi connectivity index (χ1v) is 14.8. The van der Waals surface area contributed by atoms with Crippen LogP contribution in [0.5, 0.6) is 0 Å². The SMILES string of the molecule is CN1NCC2CCC(c3ccc(C(=O)N4CCC(O)(Cn5cnc6c(cnn6-c6ccc(F)cc6)c5=O)CC4)cc3)NC21. The van der Waals surface area contributed by atoms with Crippen molar-refractivity contribution in [3.05, 3.63) is 88.4 Å². The molecule has 12 heteroatoms. The van der Waals surface area contributed by atoms with Gasteiger partial charge in [0.05, 0.1) is 30.2 Å². The monoisotopic (exact) mass is 586 g/mol. The average molecular weight is 587 g/mol. The Labute approximate surface area is 247 Å². The Morgan fingerprint density at radius 3 is 2.58 bits per heavy atom. The van der Waals surface area contributed by atoms with Crippen molar-refractivity contribution in [3.8, 4) is 5.69 Å². The molecule has 0 aliphatic carbocycles. The summed E-state index contributed by atoms with van der Waals surface area (Å²) in [7, 11) is 2.07. The number of aromatic nitrogens is 4. The number of hydrazine groups is 1. The summed E-state index contributed by atoms with van der Waals surface area (Å²) in [5.41, 5.74) is 4.69. The molecule has 0 spiro atoms. The molecule has 3 aliphatic rings. The van der Waals surface area contributed by atoms with E-state index in [1.54, 1.807) is 17.0 Å². The second-order valence-corrected chi connectivity index (χ2v) is 12.1. The maximum Gasteiger partial charge on any atom is 0.264 e. The van der Waals surface area contributed by atoms with Gasteiger partial charge in [-0.1, -0.05) is 12.1 Å². The van der Waals surface area contributed by atoms with E-state index in [1.807, 2.05) is 24.3 Å². The Morgan fingerprint density at radius 1 is 1.09 bits per heavy atom. The lowest BCUT2D eigenvalue weighted by Crippen LogP contribution is -2.49. The van der Waals surface area contributed by atoms with Crippen LogP contribution in [0.3, 0.4) is 0 Å². The Balaban J connectivity index is 0.986. The van der Waals surface area contributed by atoms with E-state index in [9.17, 15) is 19.1 Å². The smallest absolute Gasteiger partial charge is 0.264 e. The van der Waals surface area contributed by atoms with Gasteiger partial charge in [0, 0.05) is 44.2 Å². The lowest BCUT2D eigenvalue weighted by molar-refractivity contribution is -0.0299. The number of halogens is 1. The maximum atomic E-state index is 13.3. The highest BCUT2D eigenvalue weighted by Crippen LogP contribution is 2.32. The molecule has 0 saturated carbocycles. The van der Waals surface area contributed by atoms with Crippen LogP contribution >= 0.6 is 0 Å². The van der Waals surface area contributed by atoms with Crippen LogP contribution in [0.1, 0.15) is 47.6 Å². The molecule has 3 N–H and O–H groups in total. The minimum Gasteiger partial charge on any atom is -0.388 e. The van der Waals surface area contributed by atoms with Crippen molar-refractivity contribution in [1.82, 2.24) is 40.0 Å². The molecule has 3 atom stereocenters. The predicted octanol–water partition coefficient (Wildman–Crippen LogP) is 2.21. The van der Waals surface area contributed by atoms with Crippen LogP contribution in [-0.2, 0) is 6.54 Å². The van der Waals surface area contributed by atoms with Crippen LogP contribution in [0, 0.1) is 11.7 Å². The molecule has 224 valence electrons. The predicted molar refractivity (Wildman–Crippen MR) is 158 cm³/mol. The molecule has 0 bridgehead atoms. The van der Waals surface area contributed by atoms with Crippen molar-refractivity contribution >= 4 is 16.9 Å². The van der Waals surface area contributed by atoms with Gasteiger partial charge in [0.1, 0.15) is 17.5 Å². The van der Waals surface area contributed by atoms with Crippen molar-refractivity contribution in [2.75, 3.05) is 26.7 Å². The third kappa shape index (κ3) is 5.24. The molecule has 3 unspecified atom stereocenters. The fourth-order valence-electron chi connectivity index (χ4n) is 6.70. The number of aliphatic hydroxyl groups is 1. The number of fused-ring (bicyclic) bond motifs is 2. The Kier molecular flexibility index (Phi) is 7.08. The molecule has 5 heterocycles.